The van der Waals surface area contributed by atoms with Gasteiger partial charge in [0.2, 0.25) is 0 Å². The molecule has 0 fully saturated rings. The van der Waals surface area contributed by atoms with Crippen molar-refractivity contribution < 1.29 is 15.0 Å². The third-order valence-electron chi connectivity index (χ3n) is 2.94. The molecule has 0 bridgehead atoms. The van der Waals surface area contributed by atoms with Gasteiger partial charge in [0.25, 0.3) is 0 Å². The summed E-state index contributed by atoms with van der Waals surface area (Å²) in [6.45, 7) is 0. The third-order valence-corrected chi connectivity index (χ3v) is 4.59. The zero-order valence-electron chi connectivity index (χ0n) is 9.68. The largest absolute Gasteiger partial charge is 0.508 e. The number of benzene rings is 2. The summed E-state index contributed by atoms with van der Waals surface area (Å²) in [7, 11) is 0. The molecular formula is C14H9BrO3S. The second-order valence-corrected chi connectivity index (χ2v) is 6.29. The van der Waals surface area contributed by atoms with Gasteiger partial charge < -0.3 is 10.2 Å². The van der Waals surface area contributed by atoms with E-state index < -0.39 is 0 Å². The molecule has 0 spiro atoms. The van der Waals surface area contributed by atoms with Crippen LogP contribution in [0.4, 0.5) is 0 Å². The molecule has 0 atom stereocenters. The van der Waals surface area contributed by atoms with E-state index >= 15 is 0 Å². The lowest BCUT2D eigenvalue weighted by Crippen LogP contribution is -2.03. The number of phenolic OH excluding ortho intramolecular Hbond substituents is 2. The van der Waals surface area contributed by atoms with Crippen LogP contribution in [0, 0.1) is 0 Å². The first-order chi connectivity index (χ1) is 9.04. The van der Waals surface area contributed by atoms with E-state index in [9.17, 15) is 15.0 Å². The number of hydrogen-bond acceptors (Lipinski definition) is 4. The number of rotatable bonds is 0. The second kappa shape index (κ2) is 4.58. The van der Waals surface area contributed by atoms with Crippen molar-refractivity contribution in [1.29, 1.82) is 0 Å². The first kappa shape index (κ1) is 12.6. The molecule has 1 heterocycles. The molecule has 2 N–H and O–H groups in total. The van der Waals surface area contributed by atoms with E-state index in [-0.39, 0.29) is 29.3 Å². The van der Waals surface area contributed by atoms with Crippen LogP contribution in [0.5, 0.6) is 11.5 Å². The van der Waals surface area contributed by atoms with Crippen molar-refractivity contribution in [3.63, 3.8) is 0 Å². The average molecular weight is 337 g/mol. The fourth-order valence-electron chi connectivity index (χ4n) is 2.11. The van der Waals surface area contributed by atoms with Crippen molar-refractivity contribution >= 4 is 33.5 Å². The number of fused-ring (bicyclic) bond motifs is 2. The molecule has 0 saturated heterocycles. The number of ketones is 1. The van der Waals surface area contributed by atoms with Gasteiger partial charge in [-0.05, 0) is 29.8 Å². The summed E-state index contributed by atoms with van der Waals surface area (Å²) in [6, 6.07) is 8.44. The van der Waals surface area contributed by atoms with Crippen LogP contribution < -0.4 is 0 Å². The van der Waals surface area contributed by atoms with Crippen molar-refractivity contribution in [3.8, 4) is 11.5 Å². The van der Waals surface area contributed by atoms with E-state index in [1.165, 1.54) is 23.9 Å². The Kier molecular flexibility index (Phi) is 3.03. The van der Waals surface area contributed by atoms with Gasteiger partial charge in [0.05, 0.1) is 5.56 Å². The highest BCUT2D eigenvalue weighted by molar-refractivity contribution is 9.10. The first-order valence-corrected chi connectivity index (χ1v) is 7.21. The van der Waals surface area contributed by atoms with E-state index in [4.69, 9.17) is 0 Å². The summed E-state index contributed by atoms with van der Waals surface area (Å²) in [5.41, 5.74) is 1.20. The lowest BCUT2D eigenvalue weighted by atomic mass is 10.0. The molecule has 5 heteroatoms. The molecule has 0 saturated carbocycles. The number of hydrogen-bond donors (Lipinski definition) is 2. The number of aromatic hydroxyl groups is 2. The van der Waals surface area contributed by atoms with Crippen molar-refractivity contribution in [2.24, 2.45) is 0 Å². The quantitative estimate of drug-likeness (QED) is 0.769. The van der Waals surface area contributed by atoms with Crippen LogP contribution >= 0.6 is 27.7 Å². The summed E-state index contributed by atoms with van der Waals surface area (Å²) in [5.74, 6) is -0.353. The van der Waals surface area contributed by atoms with Crippen LogP contribution in [0.1, 0.15) is 15.9 Å². The Balaban J connectivity index is 2.21. The summed E-state index contributed by atoms with van der Waals surface area (Å²) < 4.78 is 0.915. The monoisotopic (exact) mass is 336 g/mol. The Hall–Kier alpha value is -1.46. The maximum atomic E-state index is 12.2. The first-order valence-electron chi connectivity index (χ1n) is 5.60. The fraction of sp³-hybridized carbons (Fsp3) is 0.0714. The molecule has 0 unspecified atom stereocenters. The minimum Gasteiger partial charge on any atom is -0.508 e. The summed E-state index contributed by atoms with van der Waals surface area (Å²) >= 11 is 4.77. The van der Waals surface area contributed by atoms with E-state index in [2.05, 4.69) is 15.9 Å². The summed E-state index contributed by atoms with van der Waals surface area (Å²) in [5, 5.41) is 19.4. The highest BCUT2D eigenvalue weighted by Crippen LogP contribution is 2.42. The molecular weight excluding hydrogens is 328 g/mol. The smallest absolute Gasteiger partial charge is 0.172 e. The van der Waals surface area contributed by atoms with Gasteiger partial charge in [-0.2, -0.15) is 0 Å². The molecule has 19 heavy (non-hydrogen) atoms. The number of phenols is 2. The summed E-state index contributed by atoms with van der Waals surface area (Å²) in [6.07, 6.45) is 0.243. The maximum absolute atomic E-state index is 12.2. The standard InChI is InChI=1S/C14H9BrO3S/c15-8-1-2-12-7(3-8)4-10(17)14-11(18)5-9(16)6-13(14)19-12/h1-3,5-6,16,18H,4H2. The van der Waals surface area contributed by atoms with Gasteiger partial charge in [-0.1, -0.05) is 27.7 Å². The van der Waals surface area contributed by atoms with Gasteiger partial charge in [0.15, 0.2) is 5.78 Å². The van der Waals surface area contributed by atoms with E-state index in [0.29, 0.717) is 4.90 Å². The predicted octanol–water partition coefficient (Wildman–Crippen LogP) is 3.75. The van der Waals surface area contributed by atoms with Gasteiger partial charge in [-0.15, -0.1) is 0 Å². The molecule has 0 radical (unpaired) electrons. The molecule has 0 amide bonds. The van der Waals surface area contributed by atoms with Crippen molar-refractivity contribution in [1.82, 2.24) is 0 Å². The van der Waals surface area contributed by atoms with Crippen LogP contribution in [-0.4, -0.2) is 16.0 Å². The van der Waals surface area contributed by atoms with Crippen molar-refractivity contribution in [2.45, 2.75) is 16.2 Å². The number of carbonyl (C=O) groups is 1. The Labute approximate surface area is 122 Å². The van der Waals surface area contributed by atoms with Crippen LogP contribution in [0.25, 0.3) is 0 Å². The van der Waals surface area contributed by atoms with Crippen LogP contribution in [0.2, 0.25) is 0 Å². The Bertz CT molecular complexity index is 697. The highest BCUT2D eigenvalue weighted by Gasteiger charge is 2.24. The maximum Gasteiger partial charge on any atom is 0.172 e. The third kappa shape index (κ3) is 2.24. The topological polar surface area (TPSA) is 57.5 Å². The lowest BCUT2D eigenvalue weighted by molar-refractivity contribution is 0.0987. The van der Waals surface area contributed by atoms with Crippen molar-refractivity contribution in [2.75, 3.05) is 0 Å². The van der Waals surface area contributed by atoms with Crippen molar-refractivity contribution in [3.05, 3.63) is 45.9 Å². The van der Waals surface area contributed by atoms with Crippen LogP contribution in [-0.2, 0) is 6.42 Å². The predicted molar refractivity (Wildman–Crippen MR) is 76.1 cm³/mol. The van der Waals surface area contributed by atoms with Gasteiger partial charge >= 0.3 is 0 Å². The molecule has 0 aromatic heterocycles. The SMILES string of the molecule is O=C1Cc2cc(Br)ccc2Sc2cc(O)cc(O)c21. The number of halogens is 1. The van der Waals surface area contributed by atoms with E-state index in [1.54, 1.807) is 0 Å². The number of carbonyl (C=O) groups excluding carboxylic acids is 1. The molecule has 3 rings (SSSR count). The van der Waals surface area contributed by atoms with Gasteiger partial charge in [0, 0.05) is 26.8 Å². The lowest BCUT2D eigenvalue weighted by Gasteiger charge is -2.07. The van der Waals surface area contributed by atoms with Gasteiger partial charge in [-0.25, -0.2) is 0 Å². The fourth-order valence-corrected chi connectivity index (χ4v) is 3.66. The zero-order valence-corrected chi connectivity index (χ0v) is 12.1. The van der Waals surface area contributed by atoms with E-state index in [1.807, 2.05) is 18.2 Å². The molecule has 2 aromatic carbocycles. The zero-order chi connectivity index (χ0) is 13.6. The van der Waals surface area contributed by atoms with Crippen LogP contribution in [0.3, 0.4) is 0 Å². The van der Waals surface area contributed by atoms with Crippen LogP contribution in [0.15, 0.2) is 44.6 Å². The molecule has 0 aliphatic carbocycles. The summed E-state index contributed by atoms with van der Waals surface area (Å²) in [4.78, 5) is 13.8. The minimum atomic E-state index is -0.167. The molecule has 1 aliphatic rings. The normalized spacial score (nSPS) is 13.6. The minimum absolute atomic E-state index is 0.0443. The second-order valence-electron chi connectivity index (χ2n) is 4.29. The van der Waals surface area contributed by atoms with E-state index in [0.717, 1.165) is 14.9 Å². The molecule has 1 aliphatic heterocycles. The molecule has 96 valence electrons. The Morgan fingerprint density at radius 1 is 1.11 bits per heavy atom. The molecule has 2 aromatic rings. The van der Waals surface area contributed by atoms with Gasteiger partial charge in [0.1, 0.15) is 11.5 Å². The Morgan fingerprint density at radius 2 is 1.89 bits per heavy atom. The molecule has 3 nitrogen and oxygen atoms in total. The average Bonchev–Trinajstić information content (AvgIpc) is 2.44. The highest BCUT2D eigenvalue weighted by atomic mass is 79.9. The van der Waals surface area contributed by atoms with Gasteiger partial charge in [-0.3, -0.25) is 4.79 Å². The number of Topliss-reactive ketones (excluding diaryl/α,β-unsaturated/α-hetero) is 1. The Morgan fingerprint density at radius 3 is 2.68 bits per heavy atom.